The number of ether oxygens (including phenoxy) is 2. The predicted molar refractivity (Wildman–Crippen MR) is 95.9 cm³/mol. The Morgan fingerprint density at radius 2 is 1.42 bits per heavy atom. The molecular formula is C20H24O6. The van der Waals surface area contributed by atoms with Gasteiger partial charge in [-0.3, -0.25) is 0 Å². The highest BCUT2D eigenvalue weighted by Gasteiger charge is 2.37. The van der Waals surface area contributed by atoms with E-state index in [-0.39, 0.29) is 32.0 Å². The second-order valence-corrected chi connectivity index (χ2v) is 5.72. The first-order valence-corrected chi connectivity index (χ1v) is 8.53. The van der Waals surface area contributed by atoms with Gasteiger partial charge in [-0.2, -0.15) is 0 Å². The van der Waals surface area contributed by atoms with Gasteiger partial charge >= 0.3 is 5.97 Å². The van der Waals surface area contributed by atoms with Crippen molar-refractivity contribution in [1.82, 2.24) is 0 Å². The van der Waals surface area contributed by atoms with Crippen molar-refractivity contribution in [2.75, 3.05) is 26.4 Å². The van der Waals surface area contributed by atoms with Gasteiger partial charge in [0.25, 0.3) is 0 Å². The van der Waals surface area contributed by atoms with Crippen LogP contribution in [0, 0.1) is 0 Å². The summed E-state index contributed by atoms with van der Waals surface area (Å²) in [7, 11) is 0. The van der Waals surface area contributed by atoms with Crippen LogP contribution in [-0.4, -0.2) is 47.7 Å². The standard InChI is InChI=1S/C20H24O6/c21-11-5-13-25-20(26-14-6-12-22,17-8-2-1-3-9-17)18-10-4-7-16(15-18)19(23)24/h1-4,7-10,15,21-22H,5-6,11-14H2,(H,23,24). The SMILES string of the molecule is O=C(O)c1cccc(C(OCCCO)(OCCCO)c2ccccc2)c1. The van der Waals surface area contributed by atoms with Gasteiger partial charge in [-0.25, -0.2) is 4.79 Å². The van der Waals surface area contributed by atoms with Crippen LogP contribution in [0.2, 0.25) is 0 Å². The molecule has 0 spiro atoms. The smallest absolute Gasteiger partial charge is 0.335 e. The fourth-order valence-corrected chi connectivity index (χ4v) is 2.62. The number of aliphatic hydroxyl groups is 2. The van der Waals surface area contributed by atoms with E-state index in [1.165, 1.54) is 12.1 Å². The maximum Gasteiger partial charge on any atom is 0.335 e. The molecule has 0 amide bonds. The number of aliphatic hydroxyl groups excluding tert-OH is 2. The van der Waals surface area contributed by atoms with E-state index in [2.05, 4.69) is 0 Å². The number of carboxylic acids is 1. The first kappa shape index (κ1) is 20.1. The van der Waals surface area contributed by atoms with Crippen molar-refractivity contribution < 1.29 is 29.6 Å². The Morgan fingerprint density at radius 3 is 1.96 bits per heavy atom. The van der Waals surface area contributed by atoms with Crippen LogP contribution in [0.15, 0.2) is 54.6 Å². The number of aromatic carboxylic acids is 1. The topological polar surface area (TPSA) is 96.2 Å². The second kappa shape index (κ2) is 10.0. The molecule has 3 N–H and O–H groups in total. The molecule has 2 aromatic carbocycles. The molecule has 0 aliphatic heterocycles. The minimum atomic E-state index is -1.32. The van der Waals surface area contributed by atoms with Crippen molar-refractivity contribution in [3.05, 3.63) is 71.3 Å². The molecule has 0 aliphatic rings. The molecule has 0 aliphatic carbocycles. The molecule has 0 fully saturated rings. The van der Waals surface area contributed by atoms with E-state index >= 15 is 0 Å². The molecular weight excluding hydrogens is 336 g/mol. The lowest BCUT2D eigenvalue weighted by atomic mass is 9.95. The van der Waals surface area contributed by atoms with Gasteiger partial charge in [0.05, 0.1) is 18.8 Å². The first-order valence-electron chi connectivity index (χ1n) is 8.53. The summed E-state index contributed by atoms with van der Waals surface area (Å²) in [5, 5.41) is 27.5. The Morgan fingerprint density at radius 1 is 0.846 bits per heavy atom. The number of rotatable bonds is 11. The summed E-state index contributed by atoms with van der Waals surface area (Å²) in [5.41, 5.74) is 1.37. The molecule has 0 saturated carbocycles. The molecule has 0 saturated heterocycles. The molecule has 2 rings (SSSR count). The molecule has 6 heteroatoms. The number of carbonyl (C=O) groups is 1. The third-order valence-electron chi connectivity index (χ3n) is 3.86. The van der Waals surface area contributed by atoms with Crippen LogP contribution in [-0.2, 0) is 15.3 Å². The average molecular weight is 360 g/mol. The fourth-order valence-electron chi connectivity index (χ4n) is 2.62. The minimum Gasteiger partial charge on any atom is -0.478 e. The van der Waals surface area contributed by atoms with Crippen molar-refractivity contribution in [3.8, 4) is 0 Å². The Bertz CT molecular complexity index is 676. The van der Waals surface area contributed by atoms with E-state index in [0.717, 1.165) is 0 Å². The zero-order chi connectivity index (χ0) is 18.8. The van der Waals surface area contributed by atoms with Crippen molar-refractivity contribution in [3.63, 3.8) is 0 Å². The Hall–Kier alpha value is -2.25. The first-order chi connectivity index (χ1) is 12.6. The van der Waals surface area contributed by atoms with Crippen molar-refractivity contribution in [2.45, 2.75) is 18.6 Å². The van der Waals surface area contributed by atoms with Gasteiger partial charge in [-0.05, 0) is 25.0 Å². The molecule has 140 valence electrons. The van der Waals surface area contributed by atoms with Gasteiger partial charge in [0.1, 0.15) is 0 Å². The van der Waals surface area contributed by atoms with Crippen LogP contribution in [0.3, 0.4) is 0 Å². The molecule has 0 heterocycles. The molecule has 0 atom stereocenters. The largest absolute Gasteiger partial charge is 0.478 e. The summed E-state index contributed by atoms with van der Waals surface area (Å²) in [6, 6.07) is 15.6. The van der Waals surface area contributed by atoms with Crippen molar-refractivity contribution in [1.29, 1.82) is 0 Å². The van der Waals surface area contributed by atoms with E-state index in [9.17, 15) is 9.90 Å². The molecule has 26 heavy (non-hydrogen) atoms. The normalized spacial score (nSPS) is 11.5. The van der Waals surface area contributed by atoms with Gasteiger partial charge in [-0.15, -0.1) is 0 Å². The van der Waals surface area contributed by atoms with Gasteiger partial charge in [-0.1, -0.05) is 42.5 Å². The molecule has 0 radical (unpaired) electrons. The van der Waals surface area contributed by atoms with Crippen molar-refractivity contribution >= 4 is 5.97 Å². The van der Waals surface area contributed by atoms with Gasteiger partial charge < -0.3 is 24.8 Å². The zero-order valence-corrected chi connectivity index (χ0v) is 14.5. The van der Waals surface area contributed by atoms with E-state index in [4.69, 9.17) is 19.7 Å². The fraction of sp³-hybridized carbons (Fsp3) is 0.350. The molecule has 0 aromatic heterocycles. The monoisotopic (exact) mass is 360 g/mol. The molecule has 2 aromatic rings. The summed E-state index contributed by atoms with van der Waals surface area (Å²) >= 11 is 0. The van der Waals surface area contributed by atoms with Crippen molar-refractivity contribution in [2.24, 2.45) is 0 Å². The van der Waals surface area contributed by atoms with Crippen LogP contribution < -0.4 is 0 Å². The third-order valence-corrected chi connectivity index (χ3v) is 3.86. The highest BCUT2D eigenvalue weighted by Crippen LogP contribution is 2.36. The van der Waals surface area contributed by atoms with E-state index in [1.807, 2.05) is 30.3 Å². The minimum absolute atomic E-state index is 0.0311. The highest BCUT2D eigenvalue weighted by atomic mass is 16.7. The summed E-state index contributed by atoms with van der Waals surface area (Å²) < 4.78 is 12.1. The van der Waals surface area contributed by atoms with Crippen LogP contribution in [0.25, 0.3) is 0 Å². The summed E-state index contributed by atoms with van der Waals surface area (Å²) in [6.45, 7) is 0.386. The highest BCUT2D eigenvalue weighted by molar-refractivity contribution is 5.87. The molecule has 0 unspecified atom stereocenters. The number of carboxylic acid groups (broad SMARTS) is 1. The van der Waals surface area contributed by atoms with E-state index in [1.54, 1.807) is 12.1 Å². The van der Waals surface area contributed by atoms with E-state index in [0.29, 0.717) is 24.0 Å². The number of benzene rings is 2. The van der Waals surface area contributed by atoms with Crippen LogP contribution in [0.1, 0.15) is 34.3 Å². The predicted octanol–water partition coefficient (Wildman–Crippen LogP) is 2.38. The lowest BCUT2D eigenvalue weighted by Crippen LogP contribution is -2.36. The quantitative estimate of drug-likeness (QED) is 0.421. The van der Waals surface area contributed by atoms with Gasteiger partial charge in [0.15, 0.2) is 0 Å². The Kier molecular flexibility index (Phi) is 7.74. The Balaban J connectivity index is 2.52. The maximum absolute atomic E-state index is 11.4. The van der Waals surface area contributed by atoms with Crippen LogP contribution >= 0.6 is 0 Å². The summed E-state index contributed by atoms with van der Waals surface area (Å²) in [4.78, 5) is 11.4. The van der Waals surface area contributed by atoms with Crippen LogP contribution in [0.5, 0.6) is 0 Å². The van der Waals surface area contributed by atoms with E-state index < -0.39 is 11.8 Å². The summed E-state index contributed by atoms with van der Waals surface area (Å²) in [6.07, 6.45) is 0.827. The van der Waals surface area contributed by atoms with Crippen LogP contribution in [0.4, 0.5) is 0 Å². The average Bonchev–Trinajstić information content (AvgIpc) is 2.68. The van der Waals surface area contributed by atoms with Gasteiger partial charge in [0.2, 0.25) is 5.79 Å². The maximum atomic E-state index is 11.4. The second-order valence-electron chi connectivity index (χ2n) is 5.72. The lowest BCUT2D eigenvalue weighted by molar-refractivity contribution is -0.220. The molecule has 6 nitrogen and oxygen atoms in total. The summed E-state index contributed by atoms with van der Waals surface area (Å²) in [5.74, 6) is -2.36. The molecule has 0 bridgehead atoms. The number of hydrogen-bond donors (Lipinski definition) is 3. The van der Waals surface area contributed by atoms with Gasteiger partial charge in [0, 0.05) is 24.3 Å². The third kappa shape index (κ3) is 4.89. The zero-order valence-electron chi connectivity index (χ0n) is 14.5. The number of hydrogen-bond acceptors (Lipinski definition) is 5. The Labute approximate surface area is 152 Å². The lowest BCUT2D eigenvalue weighted by Gasteiger charge is -2.35.